The molecule has 0 aliphatic carbocycles. The molecule has 1 heterocycles. The summed E-state index contributed by atoms with van der Waals surface area (Å²) in [5.74, 6) is 1.73. The molecule has 1 aliphatic heterocycles. The standard InChI is InChI=1S/C14H30N2/c1-3-5-14(6-4-2)12-16-9-7-13(11-15)8-10-16/h13-14H,3-12,15H2,1-2H3. The lowest BCUT2D eigenvalue weighted by Gasteiger charge is -2.33. The highest BCUT2D eigenvalue weighted by Crippen LogP contribution is 2.20. The summed E-state index contributed by atoms with van der Waals surface area (Å²) in [6.45, 7) is 9.41. The zero-order valence-corrected chi connectivity index (χ0v) is 11.3. The maximum absolute atomic E-state index is 5.73. The molecule has 0 bridgehead atoms. The summed E-state index contributed by atoms with van der Waals surface area (Å²) in [6, 6.07) is 0. The van der Waals surface area contributed by atoms with E-state index in [-0.39, 0.29) is 0 Å². The van der Waals surface area contributed by atoms with E-state index >= 15 is 0 Å². The third-order valence-corrected chi connectivity index (χ3v) is 3.95. The molecular weight excluding hydrogens is 196 g/mol. The van der Waals surface area contributed by atoms with Crippen molar-refractivity contribution in [3.63, 3.8) is 0 Å². The van der Waals surface area contributed by atoms with Gasteiger partial charge in [-0.3, -0.25) is 0 Å². The minimum absolute atomic E-state index is 0.798. The molecule has 0 radical (unpaired) electrons. The van der Waals surface area contributed by atoms with E-state index in [4.69, 9.17) is 5.73 Å². The zero-order valence-electron chi connectivity index (χ0n) is 11.3. The Morgan fingerprint density at radius 1 is 1.12 bits per heavy atom. The van der Waals surface area contributed by atoms with E-state index in [1.807, 2.05) is 0 Å². The van der Waals surface area contributed by atoms with E-state index in [1.54, 1.807) is 0 Å². The van der Waals surface area contributed by atoms with Crippen molar-refractivity contribution in [2.24, 2.45) is 17.6 Å². The Hall–Kier alpha value is -0.0800. The highest BCUT2D eigenvalue weighted by Gasteiger charge is 2.20. The molecule has 0 amide bonds. The SMILES string of the molecule is CCCC(CCC)CN1CCC(CN)CC1. The number of nitrogens with two attached hydrogens (primary N) is 1. The Morgan fingerprint density at radius 2 is 1.69 bits per heavy atom. The molecule has 0 aromatic rings. The Balaban J connectivity index is 2.24. The van der Waals surface area contributed by atoms with Crippen molar-refractivity contribution >= 4 is 0 Å². The van der Waals surface area contributed by atoms with Crippen molar-refractivity contribution in [1.29, 1.82) is 0 Å². The molecule has 1 aliphatic rings. The first-order chi connectivity index (χ1) is 7.80. The van der Waals surface area contributed by atoms with Crippen LogP contribution in [0.2, 0.25) is 0 Å². The average molecular weight is 226 g/mol. The van der Waals surface area contributed by atoms with Crippen molar-refractivity contribution in [3.05, 3.63) is 0 Å². The van der Waals surface area contributed by atoms with Crippen LogP contribution in [0.5, 0.6) is 0 Å². The average Bonchev–Trinajstić information content (AvgIpc) is 2.31. The van der Waals surface area contributed by atoms with Gasteiger partial charge < -0.3 is 10.6 Å². The number of hydrogen-bond donors (Lipinski definition) is 1. The van der Waals surface area contributed by atoms with Crippen molar-refractivity contribution in [3.8, 4) is 0 Å². The van der Waals surface area contributed by atoms with Crippen LogP contribution < -0.4 is 5.73 Å². The van der Waals surface area contributed by atoms with Crippen LogP contribution in [0.1, 0.15) is 52.4 Å². The maximum Gasteiger partial charge on any atom is 0.000966 e. The van der Waals surface area contributed by atoms with Crippen LogP contribution in [0, 0.1) is 11.8 Å². The van der Waals surface area contributed by atoms with Gasteiger partial charge in [-0.05, 0) is 57.2 Å². The van der Waals surface area contributed by atoms with E-state index in [2.05, 4.69) is 18.7 Å². The molecule has 1 fully saturated rings. The Kier molecular flexibility index (Phi) is 7.06. The number of nitrogens with zero attached hydrogens (tertiary/aromatic N) is 1. The second kappa shape index (κ2) is 8.08. The van der Waals surface area contributed by atoms with Gasteiger partial charge in [0.15, 0.2) is 0 Å². The summed E-state index contributed by atoms with van der Waals surface area (Å²) in [6.07, 6.45) is 8.13. The summed E-state index contributed by atoms with van der Waals surface area (Å²) >= 11 is 0. The minimum Gasteiger partial charge on any atom is -0.330 e. The minimum atomic E-state index is 0.798. The molecule has 0 aromatic carbocycles. The topological polar surface area (TPSA) is 29.3 Å². The molecule has 0 saturated carbocycles. The third kappa shape index (κ3) is 4.84. The highest BCUT2D eigenvalue weighted by molar-refractivity contribution is 4.74. The fourth-order valence-corrected chi connectivity index (χ4v) is 2.91. The lowest BCUT2D eigenvalue weighted by Crippen LogP contribution is -2.38. The molecule has 2 N–H and O–H groups in total. The number of piperidine rings is 1. The van der Waals surface area contributed by atoms with Gasteiger partial charge in [0.2, 0.25) is 0 Å². The predicted molar refractivity (Wildman–Crippen MR) is 71.5 cm³/mol. The fourth-order valence-electron chi connectivity index (χ4n) is 2.91. The molecule has 96 valence electrons. The molecule has 2 heteroatoms. The summed E-state index contributed by atoms with van der Waals surface area (Å²) in [5.41, 5.74) is 5.73. The van der Waals surface area contributed by atoms with Gasteiger partial charge in [0.25, 0.3) is 0 Å². The largest absolute Gasteiger partial charge is 0.330 e. The van der Waals surface area contributed by atoms with Gasteiger partial charge in [-0.25, -0.2) is 0 Å². The van der Waals surface area contributed by atoms with Gasteiger partial charge in [0, 0.05) is 6.54 Å². The van der Waals surface area contributed by atoms with Crippen LogP contribution in [-0.2, 0) is 0 Å². The first kappa shape index (κ1) is 14.0. The first-order valence-electron chi connectivity index (χ1n) is 7.22. The van der Waals surface area contributed by atoms with Crippen LogP contribution in [0.25, 0.3) is 0 Å². The second-order valence-corrected chi connectivity index (χ2v) is 5.42. The van der Waals surface area contributed by atoms with E-state index in [0.29, 0.717) is 0 Å². The normalized spacial score (nSPS) is 19.5. The Labute approximate surface area is 102 Å². The lowest BCUT2D eigenvalue weighted by atomic mass is 9.93. The molecule has 0 atom stereocenters. The van der Waals surface area contributed by atoms with Crippen LogP contribution in [0.4, 0.5) is 0 Å². The summed E-state index contributed by atoms with van der Waals surface area (Å²) in [4.78, 5) is 2.67. The number of hydrogen-bond acceptors (Lipinski definition) is 2. The van der Waals surface area contributed by atoms with Crippen LogP contribution in [0.3, 0.4) is 0 Å². The van der Waals surface area contributed by atoms with Crippen molar-refractivity contribution < 1.29 is 0 Å². The van der Waals surface area contributed by atoms with Gasteiger partial charge in [-0.2, -0.15) is 0 Å². The fraction of sp³-hybridized carbons (Fsp3) is 1.00. The van der Waals surface area contributed by atoms with Gasteiger partial charge in [0.1, 0.15) is 0 Å². The molecule has 0 aromatic heterocycles. The molecule has 16 heavy (non-hydrogen) atoms. The lowest BCUT2D eigenvalue weighted by molar-refractivity contribution is 0.155. The predicted octanol–water partition coefficient (Wildman–Crippen LogP) is 2.87. The monoisotopic (exact) mass is 226 g/mol. The number of likely N-dealkylation sites (tertiary alicyclic amines) is 1. The van der Waals surface area contributed by atoms with Crippen molar-refractivity contribution in [2.75, 3.05) is 26.2 Å². The summed E-state index contributed by atoms with van der Waals surface area (Å²) < 4.78 is 0. The molecule has 2 nitrogen and oxygen atoms in total. The van der Waals surface area contributed by atoms with Crippen molar-refractivity contribution in [2.45, 2.75) is 52.4 Å². The Morgan fingerprint density at radius 3 is 2.12 bits per heavy atom. The van der Waals surface area contributed by atoms with Crippen LogP contribution in [-0.4, -0.2) is 31.1 Å². The molecular formula is C14H30N2. The van der Waals surface area contributed by atoms with Crippen LogP contribution >= 0.6 is 0 Å². The molecule has 0 spiro atoms. The quantitative estimate of drug-likeness (QED) is 0.723. The van der Waals surface area contributed by atoms with Gasteiger partial charge in [-0.1, -0.05) is 26.7 Å². The zero-order chi connectivity index (χ0) is 11.8. The van der Waals surface area contributed by atoms with Gasteiger partial charge in [0.05, 0.1) is 0 Å². The molecule has 1 rings (SSSR count). The van der Waals surface area contributed by atoms with Gasteiger partial charge >= 0.3 is 0 Å². The van der Waals surface area contributed by atoms with Crippen LogP contribution in [0.15, 0.2) is 0 Å². The van der Waals surface area contributed by atoms with E-state index in [0.717, 1.165) is 18.4 Å². The first-order valence-corrected chi connectivity index (χ1v) is 7.22. The summed E-state index contributed by atoms with van der Waals surface area (Å²) in [5, 5.41) is 0. The smallest absolute Gasteiger partial charge is 0.000966 e. The number of rotatable bonds is 7. The molecule has 0 unspecified atom stereocenters. The third-order valence-electron chi connectivity index (χ3n) is 3.95. The van der Waals surface area contributed by atoms with E-state index in [1.165, 1.54) is 58.2 Å². The highest BCUT2D eigenvalue weighted by atomic mass is 15.1. The van der Waals surface area contributed by atoms with E-state index in [9.17, 15) is 0 Å². The van der Waals surface area contributed by atoms with Gasteiger partial charge in [-0.15, -0.1) is 0 Å². The Bertz CT molecular complexity index is 156. The van der Waals surface area contributed by atoms with Crippen molar-refractivity contribution in [1.82, 2.24) is 4.90 Å². The maximum atomic E-state index is 5.73. The molecule has 1 saturated heterocycles. The second-order valence-electron chi connectivity index (χ2n) is 5.42. The summed E-state index contributed by atoms with van der Waals surface area (Å²) in [7, 11) is 0. The van der Waals surface area contributed by atoms with E-state index < -0.39 is 0 Å².